The first kappa shape index (κ1) is 15.8. The van der Waals surface area contributed by atoms with Crippen LogP contribution >= 0.6 is 0 Å². The smallest absolute Gasteiger partial charge is 0.224 e. The van der Waals surface area contributed by atoms with Crippen LogP contribution in [0.5, 0.6) is 5.75 Å². The summed E-state index contributed by atoms with van der Waals surface area (Å²) in [7, 11) is 0. The molecule has 1 atom stereocenters. The molecule has 1 aromatic carbocycles. The van der Waals surface area contributed by atoms with Gasteiger partial charge in [-0.2, -0.15) is 0 Å². The molecule has 0 aromatic heterocycles. The Morgan fingerprint density at radius 2 is 2.24 bits per heavy atom. The van der Waals surface area contributed by atoms with Gasteiger partial charge in [0.15, 0.2) is 0 Å². The zero-order valence-corrected chi connectivity index (χ0v) is 13.0. The number of benzene rings is 1. The van der Waals surface area contributed by atoms with Crippen LogP contribution in [0.15, 0.2) is 24.3 Å². The number of ether oxygens (including phenoxy) is 1. The third kappa shape index (κ3) is 5.38. The SMILES string of the molecule is CC(C)COc1ccccc1NC(=O)CCC1CCCN1. The van der Waals surface area contributed by atoms with E-state index in [2.05, 4.69) is 24.5 Å². The van der Waals surface area contributed by atoms with Crippen LogP contribution in [0.25, 0.3) is 0 Å². The molecule has 2 rings (SSSR count). The first-order chi connectivity index (χ1) is 10.1. The summed E-state index contributed by atoms with van der Waals surface area (Å²) in [5, 5.41) is 6.38. The summed E-state index contributed by atoms with van der Waals surface area (Å²) in [4.78, 5) is 12.1. The summed E-state index contributed by atoms with van der Waals surface area (Å²) in [5.41, 5.74) is 0.766. The van der Waals surface area contributed by atoms with E-state index in [1.54, 1.807) is 0 Å². The number of rotatable bonds is 7. The van der Waals surface area contributed by atoms with Gasteiger partial charge in [0.1, 0.15) is 5.75 Å². The molecule has 1 unspecified atom stereocenters. The maximum atomic E-state index is 12.1. The fourth-order valence-corrected chi connectivity index (χ4v) is 2.47. The Kier molecular flexibility index (Phi) is 6.05. The molecule has 1 heterocycles. The van der Waals surface area contributed by atoms with Gasteiger partial charge in [-0.1, -0.05) is 26.0 Å². The zero-order chi connectivity index (χ0) is 15.1. The predicted molar refractivity (Wildman–Crippen MR) is 85.7 cm³/mol. The normalized spacial score (nSPS) is 18.0. The largest absolute Gasteiger partial charge is 0.491 e. The van der Waals surface area contributed by atoms with Gasteiger partial charge in [-0.25, -0.2) is 0 Å². The average molecular weight is 290 g/mol. The van der Waals surface area contributed by atoms with Crippen molar-refractivity contribution in [1.82, 2.24) is 5.32 Å². The number of hydrogen-bond donors (Lipinski definition) is 2. The maximum absolute atomic E-state index is 12.1. The molecule has 116 valence electrons. The van der Waals surface area contributed by atoms with E-state index in [-0.39, 0.29) is 5.91 Å². The van der Waals surface area contributed by atoms with Crippen LogP contribution in [0.4, 0.5) is 5.69 Å². The second-order valence-corrected chi connectivity index (χ2v) is 6.08. The highest BCUT2D eigenvalue weighted by Crippen LogP contribution is 2.24. The molecule has 0 aliphatic carbocycles. The van der Waals surface area contributed by atoms with Crippen molar-refractivity contribution in [3.05, 3.63) is 24.3 Å². The molecule has 1 saturated heterocycles. The standard InChI is InChI=1S/C17H26N2O2/c1-13(2)12-21-16-8-4-3-7-15(16)19-17(20)10-9-14-6-5-11-18-14/h3-4,7-8,13-14,18H,5-6,9-12H2,1-2H3,(H,19,20). The molecular weight excluding hydrogens is 264 g/mol. The van der Waals surface area contributed by atoms with Crippen LogP contribution in [0.2, 0.25) is 0 Å². The lowest BCUT2D eigenvalue weighted by Crippen LogP contribution is -2.23. The molecule has 4 heteroatoms. The van der Waals surface area contributed by atoms with Crippen molar-refractivity contribution in [2.24, 2.45) is 5.92 Å². The number of amides is 1. The molecule has 0 bridgehead atoms. The lowest BCUT2D eigenvalue weighted by Gasteiger charge is -2.14. The second kappa shape index (κ2) is 8.03. The summed E-state index contributed by atoms with van der Waals surface area (Å²) in [5.74, 6) is 1.27. The van der Waals surface area contributed by atoms with E-state index in [1.807, 2.05) is 24.3 Å². The summed E-state index contributed by atoms with van der Waals surface area (Å²) in [6.45, 7) is 5.95. The summed E-state index contributed by atoms with van der Waals surface area (Å²) in [6, 6.07) is 8.13. The topological polar surface area (TPSA) is 50.4 Å². The quantitative estimate of drug-likeness (QED) is 0.811. The average Bonchev–Trinajstić information content (AvgIpc) is 2.97. The van der Waals surface area contributed by atoms with Crippen LogP contribution in [-0.4, -0.2) is 25.1 Å². The lowest BCUT2D eigenvalue weighted by atomic mass is 10.1. The molecule has 1 amide bonds. The summed E-state index contributed by atoms with van der Waals surface area (Å²) >= 11 is 0. The number of carbonyl (C=O) groups is 1. The molecule has 1 aromatic rings. The van der Waals surface area contributed by atoms with Crippen LogP contribution in [0.3, 0.4) is 0 Å². The molecule has 0 spiro atoms. The van der Waals surface area contributed by atoms with Gasteiger partial charge in [0.05, 0.1) is 12.3 Å². The molecule has 2 N–H and O–H groups in total. The fourth-order valence-electron chi connectivity index (χ4n) is 2.47. The highest BCUT2D eigenvalue weighted by molar-refractivity contribution is 5.92. The Morgan fingerprint density at radius 3 is 2.95 bits per heavy atom. The predicted octanol–water partition coefficient (Wildman–Crippen LogP) is 3.19. The Labute approximate surface area is 127 Å². The van der Waals surface area contributed by atoms with Gasteiger partial charge in [0, 0.05) is 12.5 Å². The van der Waals surface area contributed by atoms with Crippen LogP contribution < -0.4 is 15.4 Å². The van der Waals surface area contributed by atoms with E-state index >= 15 is 0 Å². The first-order valence-electron chi connectivity index (χ1n) is 7.90. The van der Waals surface area contributed by atoms with E-state index in [0.29, 0.717) is 25.0 Å². The number of hydrogen-bond acceptors (Lipinski definition) is 3. The van der Waals surface area contributed by atoms with Crippen molar-refractivity contribution in [2.45, 2.75) is 45.6 Å². The van der Waals surface area contributed by atoms with Crippen molar-refractivity contribution < 1.29 is 9.53 Å². The highest BCUT2D eigenvalue weighted by atomic mass is 16.5. The summed E-state index contributed by atoms with van der Waals surface area (Å²) < 4.78 is 5.75. The Hall–Kier alpha value is -1.55. The van der Waals surface area contributed by atoms with E-state index in [0.717, 1.165) is 24.4 Å². The zero-order valence-electron chi connectivity index (χ0n) is 13.0. The molecule has 4 nitrogen and oxygen atoms in total. The van der Waals surface area contributed by atoms with Crippen LogP contribution in [0.1, 0.15) is 39.5 Å². The minimum atomic E-state index is 0.0595. The number of nitrogens with one attached hydrogen (secondary N) is 2. The number of anilines is 1. The lowest BCUT2D eigenvalue weighted by molar-refractivity contribution is -0.116. The third-order valence-electron chi connectivity index (χ3n) is 3.62. The van der Waals surface area contributed by atoms with Crippen molar-refractivity contribution in [1.29, 1.82) is 0 Å². The molecule has 21 heavy (non-hydrogen) atoms. The van der Waals surface area contributed by atoms with Crippen molar-refractivity contribution in [2.75, 3.05) is 18.5 Å². The molecule has 1 aliphatic rings. The number of para-hydroxylation sites is 2. The van der Waals surface area contributed by atoms with E-state index < -0.39 is 0 Å². The molecular formula is C17H26N2O2. The third-order valence-corrected chi connectivity index (χ3v) is 3.62. The van der Waals surface area contributed by atoms with Crippen molar-refractivity contribution in [3.8, 4) is 5.75 Å². The Morgan fingerprint density at radius 1 is 1.43 bits per heavy atom. The van der Waals surface area contributed by atoms with Crippen LogP contribution in [0, 0.1) is 5.92 Å². The first-order valence-corrected chi connectivity index (χ1v) is 7.90. The Balaban J connectivity index is 1.84. The Bertz CT molecular complexity index is 454. The number of carbonyl (C=O) groups excluding carboxylic acids is 1. The van der Waals surface area contributed by atoms with Crippen molar-refractivity contribution in [3.63, 3.8) is 0 Å². The molecule has 1 fully saturated rings. The fraction of sp³-hybridized carbons (Fsp3) is 0.588. The van der Waals surface area contributed by atoms with Crippen molar-refractivity contribution >= 4 is 11.6 Å². The van der Waals surface area contributed by atoms with Gasteiger partial charge >= 0.3 is 0 Å². The van der Waals surface area contributed by atoms with Crippen LogP contribution in [-0.2, 0) is 4.79 Å². The molecule has 0 radical (unpaired) electrons. The highest BCUT2D eigenvalue weighted by Gasteiger charge is 2.16. The summed E-state index contributed by atoms with van der Waals surface area (Å²) in [6.07, 6.45) is 3.86. The molecule has 0 saturated carbocycles. The van der Waals surface area contributed by atoms with Gasteiger partial charge < -0.3 is 15.4 Å². The minimum absolute atomic E-state index is 0.0595. The van der Waals surface area contributed by atoms with Gasteiger partial charge in [-0.15, -0.1) is 0 Å². The minimum Gasteiger partial charge on any atom is -0.491 e. The van der Waals surface area contributed by atoms with Gasteiger partial charge in [-0.3, -0.25) is 4.79 Å². The van der Waals surface area contributed by atoms with Gasteiger partial charge in [0.2, 0.25) is 5.91 Å². The monoisotopic (exact) mass is 290 g/mol. The van der Waals surface area contributed by atoms with E-state index in [1.165, 1.54) is 12.8 Å². The van der Waals surface area contributed by atoms with E-state index in [9.17, 15) is 4.79 Å². The maximum Gasteiger partial charge on any atom is 0.224 e. The van der Waals surface area contributed by atoms with Gasteiger partial charge in [-0.05, 0) is 43.9 Å². The van der Waals surface area contributed by atoms with Gasteiger partial charge in [0.25, 0.3) is 0 Å². The second-order valence-electron chi connectivity index (χ2n) is 6.08. The van der Waals surface area contributed by atoms with E-state index in [4.69, 9.17) is 4.74 Å². The molecule has 1 aliphatic heterocycles.